The molecule has 1 amide bonds. The summed E-state index contributed by atoms with van der Waals surface area (Å²) < 4.78 is 10.7. The third kappa shape index (κ3) is 4.54. The Morgan fingerprint density at radius 1 is 1.08 bits per heavy atom. The zero-order chi connectivity index (χ0) is 17.7. The average molecular weight is 389 g/mol. The van der Waals surface area contributed by atoms with Crippen molar-refractivity contribution in [3.63, 3.8) is 0 Å². The van der Waals surface area contributed by atoms with Crippen molar-refractivity contribution in [3.05, 3.63) is 56.5 Å². The highest BCUT2D eigenvalue weighted by Gasteiger charge is 2.13. The first-order valence-corrected chi connectivity index (χ1v) is 8.30. The monoisotopic (exact) mass is 387 g/mol. The Bertz CT molecular complexity index is 750. The van der Waals surface area contributed by atoms with E-state index >= 15 is 0 Å². The van der Waals surface area contributed by atoms with Gasteiger partial charge in [-0.1, -0.05) is 34.8 Å². The van der Waals surface area contributed by atoms with Crippen molar-refractivity contribution >= 4 is 46.4 Å². The van der Waals surface area contributed by atoms with Crippen LogP contribution < -0.4 is 10.1 Å². The Morgan fingerprint density at radius 2 is 1.79 bits per heavy atom. The minimum atomic E-state index is -0.323. The maximum atomic E-state index is 12.5. The Morgan fingerprint density at radius 3 is 2.46 bits per heavy atom. The van der Waals surface area contributed by atoms with Crippen LogP contribution >= 0.6 is 34.8 Å². The van der Waals surface area contributed by atoms with Gasteiger partial charge < -0.3 is 14.8 Å². The van der Waals surface area contributed by atoms with Gasteiger partial charge in [0.2, 0.25) is 0 Å². The summed E-state index contributed by atoms with van der Waals surface area (Å²) in [5.74, 6) is 0.360. The zero-order valence-electron chi connectivity index (χ0n) is 13.2. The Labute approximate surface area is 155 Å². The van der Waals surface area contributed by atoms with Crippen LogP contribution in [0.15, 0.2) is 30.3 Å². The van der Waals surface area contributed by atoms with Crippen LogP contribution in [0.3, 0.4) is 0 Å². The fraction of sp³-hybridized carbons (Fsp3) is 0.235. The quantitative estimate of drug-likeness (QED) is 0.670. The summed E-state index contributed by atoms with van der Waals surface area (Å²) in [5, 5.41) is 3.66. The second kappa shape index (κ2) is 8.58. The molecule has 0 fully saturated rings. The van der Waals surface area contributed by atoms with E-state index in [1.54, 1.807) is 25.3 Å². The Balaban J connectivity index is 2.26. The summed E-state index contributed by atoms with van der Waals surface area (Å²) in [7, 11) is 1.58. The second-order valence-corrected chi connectivity index (χ2v) is 6.11. The molecule has 0 aromatic heterocycles. The van der Waals surface area contributed by atoms with Crippen LogP contribution in [0.25, 0.3) is 0 Å². The van der Waals surface area contributed by atoms with Gasteiger partial charge in [-0.3, -0.25) is 4.79 Å². The predicted molar refractivity (Wildman–Crippen MR) is 97.7 cm³/mol. The van der Waals surface area contributed by atoms with E-state index in [9.17, 15) is 4.79 Å². The van der Waals surface area contributed by atoms with Crippen LogP contribution in [0.2, 0.25) is 15.1 Å². The summed E-state index contributed by atoms with van der Waals surface area (Å²) in [6.07, 6.45) is 0. The predicted octanol–water partition coefficient (Wildman–Crippen LogP) is 5.44. The van der Waals surface area contributed by atoms with Crippen molar-refractivity contribution in [2.75, 3.05) is 19.0 Å². The maximum Gasteiger partial charge on any atom is 0.255 e. The molecule has 0 aliphatic heterocycles. The highest BCUT2D eigenvalue weighted by atomic mass is 35.5. The van der Waals surface area contributed by atoms with Gasteiger partial charge in [-0.05, 0) is 37.3 Å². The molecule has 0 aliphatic carbocycles. The van der Waals surface area contributed by atoms with Crippen LogP contribution in [0, 0.1) is 0 Å². The van der Waals surface area contributed by atoms with E-state index < -0.39 is 0 Å². The van der Waals surface area contributed by atoms with Gasteiger partial charge in [0.05, 0.1) is 34.0 Å². The number of methoxy groups -OCH3 is 1. The lowest BCUT2D eigenvalue weighted by molar-refractivity contribution is 0.102. The fourth-order valence-electron chi connectivity index (χ4n) is 2.10. The highest BCUT2D eigenvalue weighted by molar-refractivity contribution is 6.44. The molecule has 0 spiro atoms. The molecule has 2 rings (SSSR count). The largest absolute Gasteiger partial charge is 0.494 e. The summed E-state index contributed by atoms with van der Waals surface area (Å²) in [6.45, 7) is 2.76. The number of hydrogen-bond donors (Lipinski definition) is 1. The molecule has 0 heterocycles. The minimum Gasteiger partial charge on any atom is -0.494 e. The zero-order valence-corrected chi connectivity index (χ0v) is 15.4. The molecule has 128 valence electrons. The van der Waals surface area contributed by atoms with Gasteiger partial charge >= 0.3 is 0 Å². The van der Waals surface area contributed by atoms with Gasteiger partial charge in [0.15, 0.2) is 0 Å². The molecule has 0 saturated carbocycles. The number of rotatable bonds is 6. The summed E-state index contributed by atoms with van der Waals surface area (Å²) in [5.41, 5.74) is 1.62. The van der Waals surface area contributed by atoms with Crippen LogP contribution in [0.1, 0.15) is 22.8 Å². The van der Waals surface area contributed by atoms with Gasteiger partial charge in [-0.2, -0.15) is 0 Å². The van der Waals surface area contributed by atoms with Gasteiger partial charge in [0, 0.05) is 18.2 Å². The molecule has 0 bridgehead atoms. The standard InChI is InChI=1S/C17H16Cl3NO3/c1-3-24-16-5-4-10(6-11(16)9-23-2)17(22)21-15-8-13(19)12(18)7-14(15)20/h4-8H,3,9H2,1-2H3,(H,21,22). The van der Waals surface area contributed by atoms with Crippen molar-refractivity contribution < 1.29 is 14.3 Å². The van der Waals surface area contributed by atoms with Crippen molar-refractivity contribution in [1.82, 2.24) is 0 Å². The van der Waals surface area contributed by atoms with Gasteiger partial charge in [-0.15, -0.1) is 0 Å². The summed E-state index contributed by atoms with van der Waals surface area (Å²) in [6, 6.07) is 8.12. The molecule has 0 unspecified atom stereocenters. The lowest BCUT2D eigenvalue weighted by Crippen LogP contribution is -2.13. The van der Waals surface area contributed by atoms with Gasteiger partial charge in [-0.25, -0.2) is 0 Å². The van der Waals surface area contributed by atoms with Crippen molar-refractivity contribution in [1.29, 1.82) is 0 Å². The molecule has 1 N–H and O–H groups in total. The number of anilines is 1. The topological polar surface area (TPSA) is 47.6 Å². The first-order chi connectivity index (χ1) is 11.5. The third-order valence-corrected chi connectivity index (χ3v) is 4.22. The Hall–Kier alpha value is -1.46. The first kappa shape index (κ1) is 18.9. The van der Waals surface area contributed by atoms with E-state index in [-0.39, 0.29) is 5.91 Å². The second-order valence-electron chi connectivity index (χ2n) is 4.89. The van der Waals surface area contributed by atoms with Gasteiger partial charge in [0.25, 0.3) is 5.91 Å². The molecular weight excluding hydrogens is 373 g/mol. The van der Waals surface area contributed by atoms with Crippen molar-refractivity contribution in [2.24, 2.45) is 0 Å². The molecule has 0 radical (unpaired) electrons. The molecule has 2 aromatic rings. The number of benzene rings is 2. The summed E-state index contributed by atoms with van der Waals surface area (Å²) >= 11 is 17.9. The summed E-state index contributed by atoms with van der Waals surface area (Å²) in [4.78, 5) is 12.5. The van der Waals surface area contributed by atoms with Crippen LogP contribution in [0.5, 0.6) is 5.75 Å². The fourth-order valence-corrected chi connectivity index (χ4v) is 2.69. The number of halogens is 3. The van der Waals surface area contributed by atoms with E-state index in [0.29, 0.717) is 45.3 Å². The van der Waals surface area contributed by atoms with Crippen molar-refractivity contribution in [3.8, 4) is 5.75 Å². The van der Waals surface area contributed by atoms with E-state index in [1.165, 1.54) is 12.1 Å². The lowest BCUT2D eigenvalue weighted by Gasteiger charge is -2.13. The van der Waals surface area contributed by atoms with Crippen LogP contribution in [0.4, 0.5) is 5.69 Å². The molecule has 7 heteroatoms. The molecule has 24 heavy (non-hydrogen) atoms. The SMILES string of the molecule is CCOc1ccc(C(=O)Nc2cc(Cl)c(Cl)cc2Cl)cc1COC. The number of carbonyl (C=O) groups excluding carboxylic acids is 1. The molecule has 4 nitrogen and oxygen atoms in total. The molecule has 2 aromatic carbocycles. The maximum absolute atomic E-state index is 12.5. The number of hydrogen-bond acceptors (Lipinski definition) is 3. The molecular formula is C17H16Cl3NO3. The van der Waals surface area contributed by atoms with E-state index in [1.807, 2.05) is 6.92 Å². The van der Waals surface area contributed by atoms with E-state index in [0.717, 1.165) is 5.56 Å². The number of amides is 1. The van der Waals surface area contributed by atoms with E-state index in [4.69, 9.17) is 44.3 Å². The minimum absolute atomic E-state index is 0.306. The highest BCUT2D eigenvalue weighted by Crippen LogP contribution is 2.32. The van der Waals surface area contributed by atoms with Crippen LogP contribution in [-0.4, -0.2) is 19.6 Å². The molecule has 0 saturated heterocycles. The smallest absolute Gasteiger partial charge is 0.255 e. The average Bonchev–Trinajstić information content (AvgIpc) is 2.54. The number of ether oxygens (including phenoxy) is 2. The Kier molecular flexibility index (Phi) is 6.75. The normalized spacial score (nSPS) is 10.5. The number of nitrogens with one attached hydrogen (secondary N) is 1. The van der Waals surface area contributed by atoms with Crippen molar-refractivity contribution in [2.45, 2.75) is 13.5 Å². The molecule has 0 aliphatic rings. The molecule has 0 atom stereocenters. The lowest BCUT2D eigenvalue weighted by atomic mass is 10.1. The van der Waals surface area contributed by atoms with Gasteiger partial charge in [0.1, 0.15) is 5.75 Å². The van der Waals surface area contributed by atoms with E-state index in [2.05, 4.69) is 5.32 Å². The first-order valence-electron chi connectivity index (χ1n) is 7.16. The third-order valence-electron chi connectivity index (χ3n) is 3.18. The van der Waals surface area contributed by atoms with Crippen LogP contribution in [-0.2, 0) is 11.3 Å². The number of carbonyl (C=O) groups is 1.